The van der Waals surface area contributed by atoms with E-state index in [9.17, 15) is 0 Å². The Labute approximate surface area is 104 Å². The molecule has 0 spiro atoms. The van der Waals surface area contributed by atoms with Gasteiger partial charge in [0.15, 0.2) is 0 Å². The molecule has 1 aliphatic carbocycles. The zero-order valence-electron chi connectivity index (χ0n) is 11.1. The molecule has 1 atom stereocenters. The van der Waals surface area contributed by atoms with Gasteiger partial charge in [-0.1, -0.05) is 32.0 Å². The van der Waals surface area contributed by atoms with Gasteiger partial charge in [0, 0.05) is 17.6 Å². The standard InChI is InChI=1S/C15H23NO/c1-4-14(16-12-9-11(2)10-12)13-7-5-6-8-15(13)17-3/h5-8,11-12,14,16H,4,9-10H2,1-3H3. The first kappa shape index (κ1) is 12.4. The van der Waals surface area contributed by atoms with Crippen molar-refractivity contribution in [1.29, 1.82) is 0 Å². The Hall–Kier alpha value is -1.02. The highest BCUT2D eigenvalue weighted by Gasteiger charge is 2.27. The van der Waals surface area contributed by atoms with Gasteiger partial charge < -0.3 is 10.1 Å². The summed E-state index contributed by atoms with van der Waals surface area (Å²) in [6, 6.07) is 9.44. The van der Waals surface area contributed by atoms with Gasteiger partial charge in [0.1, 0.15) is 5.75 Å². The van der Waals surface area contributed by atoms with Crippen molar-refractivity contribution in [3.63, 3.8) is 0 Å². The van der Waals surface area contributed by atoms with Crippen molar-refractivity contribution in [2.75, 3.05) is 7.11 Å². The van der Waals surface area contributed by atoms with E-state index in [1.807, 2.05) is 12.1 Å². The van der Waals surface area contributed by atoms with Gasteiger partial charge in [-0.3, -0.25) is 0 Å². The number of hydrogen-bond acceptors (Lipinski definition) is 2. The van der Waals surface area contributed by atoms with Crippen LogP contribution < -0.4 is 10.1 Å². The van der Waals surface area contributed by atoms with Gasteiger partial charge in [0.25, 0.3) is 0 Å². The molecule has 1 aromatic rings. The van der Waals surface area contributed by atoms with Crippen molar-refractivity contribution in [3.8, 4) is 5.75 Å². The Morgan fingerprint density at radius 2 is 2.06 bits per heavy atom. The van der Waals surface area contributed by atoms with Crippen LogP contribution in [0.4, 0.5) is 0 Å². The molecule has 1 saturated carbocycles. The number of hydrogen-bond donors (Lipinski definition) is 1. The molecule has 94 valence electrons. The van der Waals surface area contributed by atoms with E-state index < -0.39 is 0 Å². The summed E-state index contributed by atoms with van der Waals surface area (Å²) in [6.45, 7) is 4.55. The highest BCUT2D eigenvalue weighted by Crippen LogP contribution is 2.32. The second-order valence-electron chi connectivity index (χ2n) is 5.14. The normalized spacial score (nSPS) is 25.1. The van der Waals surface area contributed by atoms with Crippen LogP contribution in [0.3, 0.4) is 0 Å². The molecule has 2 nitrogen and oxygen atoms in total. The average Bonchev–Trinajstić information content (AvgIpc) is 2.33. The lowest BCUT2D eigenvalue weighted by molar-refractivity contribution is 0.219. The summed E-state index contributed by atoms with van der Waals surface area (Å²) in [5.41, 5.74) is 1.29. The van der Waals surface area contributed by atoms with Crippen LogP contribution in [-0.4, -0.2) is 13.2 Å². The van der Waals surface area contributed by atoms with Crippen LogP contribution in [0, 0.1) is 5.92 Å². The van der Waals surface area contributed by atoms with Crippen molar-refractivity contribution in [1.82, 2.24) is 5.32 Å². The monoisotopic (exact) mass is 233 g/mol. The molecular weight excluding hydrogens is 210 g/mol. The number of nitrogens with one attached hydrogen (secondary N) is 1. The van der Waals surface area contributed by atoms with Crippen molar-refractivity contribution >= 4 is 0 Å². The third-order valence-corrected chi connectivity index (χ3v) is 3.73. The Morgan fingerprint density at radius 3 is 2.65 bits per heavy atom. The Kier molecular flexibility index (Phi) is 4.06. The maximum absolute atomic E-state index is 5.44. The largest absolute Gasteiger partial charge is 0.496 e. The molecule has 1 aromatic carbocycles. The minimum absolute atomic E-state index is 0.420. The zero-order valence-corrected chi connectivity index (χ0v) is 11.1. The third kappa shape index (κ3) is 2.81. The molecule has 0 aliphatic heterocycles. The molecule has 1 unspecified atom stereocenters. The first-order chi connectivity index (χ1) is 8.24. The molecule has 0 heterocycles. The van der Waals surface area contributed by atoms with Crippen LogP contribution in [0.1, 0.15) is 44.7 Å². The summed E-state index contributed by atoms with van der Waals surface area (Å²) in [6.07, 6.45) is 3.72. The van der Waals surface area contributed by atoms with E-state index in [0.717, 1.165) is 18.1 Å². The van der Waals surface area contributed by atoms with E-state index in [4.69, 9.17) is 4.74 Å². The predicted octanol–water partition coefficient (Wildman–Crippen LogP) is 3.53. The number of rotatable bonds is 5. The fourth-order valence-electron chi connectivity index (χ4n) is 2.70. The number of methoxy groups -OCH3 is 1. The second-order valence-corrected chi connectivity index (χ2v) is 5.14. The molecule has 0 aromatic heterocycles. The molecule has 0 radical (unpaired) electrons. The SMILES string of the molecule is CCC(NC1CC(C)C1)c1ccccc1OC. The quantitative estimate of drug-likeness (QED) is 0.840. The predicted molar refractivity (Wildman–Crippen MR) is 71.3 cm³/mol. The molecular formula is C15H23NO. The number of benzene rings is 1. The van der Waals surface area contributed by atoms with Gasteiger partial charge in [-0.05, 0) is 31.2 Å². The van der Waals surface area contributed by atoms with Crippen LogP contribution in [0.2, 0.25) is 0 Å². The van der Waals surface area contributed by atoms with E-state index in [1.165, 1.54) is 18.4 Å². The van der Waals surface area contributed by atoms with Gasteiger partial charge in [-0.25, -0.2) is 0 Å². The average molecular weight is 233 g/mol. The maximum Gasteiger partial charge on any atom is 0.123 e. The number of para-hydroxylation sites is 1. The molecule has 0 bridgehead atoms. The highest BCUT2D eigenvalue weighted by molar-refractivity contribution is 5.35. The molecule has 1 fully saturated rings. The van der Waals surface area contributed by atoms with Crippen molar-refractivity contribution < 1.29 is 4.74 Å². The van der Waals surface area contributed by atoms with E-state index in [2.05, 4.69) is 31.3 Å². The van der Waals surface area contributed by atoms with Gasteiger partial charge in [-0.15, -0.1) is 0 Å². The molecule has 17 heavy (non-hydrogen) atoms. The summed E-state index contributed by atoms with van der Waals surface area (Å²) in [7, 11) is 1.75. The van der Waals surface area contributed by atoms with Crippen LogP contribution in [0.15, 0.2) is 24.3 Å². The van der Waals surface area contributed by atoms with Crippen molar-refractivity contribution in [2.24, 2.45) is 5.92 Å². The van der Waals surface area contributed by atoms with E-state index >= 15 is 0 Å². The summed E-state index contributed by atoms with van der Waals surface area (Å²) in [5, 5.41) is 3.74. The molecule has 2 rings (SSSR count). The minimum atomic E-state index is 0.420. The molecule has 1 aliphatic rings. The second kappa shape index (κ2) is 5.54. The lowest BCUT2D eigenvalue weighted by Gasteiger charge is -2.36. The maximum atomic E-state index is 5.44. The first-order valence-corrected chi connectivity index (χ1v) is 6.63. The van der Waals surface area contributed by atoms with Crippen LogP contribution in [-0.2, 0) is 0 Å². The fourth-order valence-corrected chi connectivity index (χ4v) is 2.70. The summed E-state index contributed by atoms with van der Waals surface area (Å²) >= 11 is 0. The lowest BCUT2D eigenvalue weighted by atomic mass is 9.81. The molecule has 0 saturated heterocycles. The van der Waals surface area contributed by atoms with Gasteiger partial charge in [0.05, 0.1) is 7.11 Å². The zero-order chi connectivity index (χ0) is 12.3. The third-order valence-electron chi connectivity index (χ3n) is 3.73. The van der Waals surface area contributed by atoms with Crippen LogP contribution >= 0.6 is 0 Å². The van der Waals surface area contributed by atoms with Crippen LogP contribution in [0.5, 0.6) is 5.75 Å². The van der Waals surface area contributed by atoms with Crippen molar-refractivity contribution in [2.45, 2.75) is 45.2 Å². The fraction of sp³-hybridized carbons (Fsp3) is 0.600. The Balaban J connectivity index is 2.06. The summed E-state index contributed by atoms with van der Waals surface area (Å²) in [5.74, 6) is 1.89. The van der Waals surface area contributed by atoms with E-state index in [-0.39, 0.29) is 0 Å². The smallest absolute Gasteiger partial charge is 0.123 e. The van der Waals surface area contributed by atoms with Gasteiger partial charge in [-0.2, -0.15) is 0 Å². The highest BCUT2D eigenvalue weighted by atomic mass is 16.5. The molecule has 1 N–H and O–H groups in total. The topological polar surface area (TPSA) is 21.3 Å². The first-order valence-electron chi connectivity index (χ1n) is 6.63. The van der Waals surface area contributed by atoms with Gasteiger partial charge >= 0.3 is 0 Å². The van der Waals surface area contributed by atoms with Crippen molar-refractivity contribution in [3.05, 3.63) is 29.8 Å². The van der Waals surface area contributed by atoms with Gasteiger partial charge in [0.2, 0.25) is 0 Å². The van der Waals surface area contributed by atoms with E-state index in [0.29, 0.717) is 12.1 Å². The van der Waals surface area contributed by atoms with Crippen LogP contribution in [0.25, 0.3) is 0 Å². The van der Waals surface area contributed by atoms with E-state index in [1.54, 1.807) is 7.11 Å². The minimum Gasteiger partial charge on any atom is -0.496 e. The lowest BCUT2D eigenvalue weighted by Crippen LogP contribution is -2.42. The molecule has 0 amide bonds. The summed E-state index contributed by atoms with van der Waals surface area (Å²) < 4.78 is 5.44. The Bertz CT molecular complexity index is 358. The Morgan fingerprint density at radius 1 is 1.35 bits per heavy atom. The number of ether oxygens (including phenoxy) is 1. The summed E-state index contributed by atoms with van der Waals surface area (Å²) in [4.78, 5) is 0. The molecule has 2 heteroatoms.